The average molecular weight is 243 g/mol. The van der Waals surface area contributed by atoms with Gasteiger partial charge in [0.25, 0.3) is 0 Å². The van der Waals surface area contributed by atoms with E-state index in [4.69, 9.17) is 4.74 Å². The van der Waals surface area contributed by atoms with Crippen LogP contribution in [0.4, 0.5) is 0 Å². The predicted octanol–water partition coefficient (Wildman–Crippen LogP) is 2.69. The summed E-state index contributed by atoms with van der Waals surface area (Å²) in [4.78, 5) is 11.6. The highest BCUT2D eigenvalue weighted by Crippen LogP contribution is 2.31. The molecule has 0 fully saturated rings. The Morgan fingerprint density at radius 3 is 3.00 bits per heavy atom. The van der Waals surface area contributed by atoms with Crippen molar-refractivity contribution in [3.05, 3.63) is 35.5 Å². The summed E-state index contributed by atoms with van der Waals surface area (Å²) in [6.45, 7) is 1.07. The number of esters is 1. The lowest BCUT2D eigenvalue weighted by Gasteiger charge is -2.17. The molecule has 18 heavy (non-hydrogen) atoms. The maximum atomic E-state index is 11.6. The van der Waals surface area contributed by atoms with Crippen LogP contribution in [-0.4, -0.2) is 17.6 Å². The zero-order valence-corrected chi connectivity index (χ0v) is 10.6. The minimum absolute atomic E-state index is 0.153. The molecule has 1 aromatic carbocycles. The molecular weight excluding hydrogens is 226 g/mol. The van der Waals surface area contributed by atoms with Crippen molar-refractivity contribution in [2.24, 2.45) is 0 Å². The zero-order chi connectivity index (χ0) is 12.5. The fourth-order valence-corrected chi connectivity index (χ4v) is 2.95. The van der Waals surface area contributed by atoms with E-state index in [0.717, 1.165) is 18.5 Å². The molecule has 1 aromatic heterocycles. The number of aromatic nitrogens is 1. The normalized spacial score (nSPS) is 14.5. The van der Waals surface area contributed by atoms with Crippen molar-refractivity contribution in [3.8, 4) is 0 Å². The van der Waals surface area contributed by atoms with Crippen LogP contribution in [-0.2, 0) is 28.9 Å². The van der Waals surface area contributed by atoms with Crippen molar-refractivity contribution < 1.29 is 9.53 Å². The van der Waals surface area contributed by atoms with Crippen LogP contribution >= 0.6 is 0 Å². The summed E-state index contributed by atoms with van der Waals surface area (Å²) in [5.41, 5.74) is 3.75. The summed E-state index contributed by atoms with van der Waals surface area (Å²) in [5.74, 6) is -0.153. The number of fused-ring (bicyclic) bond motifs is 3. The van der Waals surface area contributed by atoms with Gasteiger partial charge in [-0.3, -0.25) is 4.79 Å². The topological polar surface area (TPSA) is 31.2 Å². The smallest absolute Gasteiger partial charge is 0.310 e. The van der Waals surface area contributed by atoms with Crippen LogP contribution in [0.2, 0.25) is 0 Å². The summed E-state index contributed by atoms with van der Waals surface area (Å²) in [6.07, 6.45) is 3.90. The van der Waals surface area contributed by atoms with Crippen molar-refractivity contribution in [3.63, 3.8) is 0 Å². The van der Waals surface area contributed by atoms with Crippen molar-refractivity contribution in [2.75, 3.05) is 7.11 Å². The molecule has 3 rings (SSSR count). The lowest BCUT2D eigenvalue weighted by molar-refractivity contribution is -0.139. The Bertz CT molecular complexity index is 598. The Kier molecular flexibility index (Phi) is 2.82. The summed E-state index contributed by atoms with van der Waals surface area (Å²) in [7, 11) is 1.45. The van der Waals surface area contributed by atoms with Gasteiger partial charge in [-0.2, -0.15) is 0 Å². The summed E-state index contributed by atoms with van der Waals surface area (Å²) >= 11 is 0. The minimum atomic E-state index is -0.153. The highest BCUT2D eigenvalue weighted by molar-refractivity contribution is 5.89. The average Bonchev–Trinajstić information content (AvgIpc) is 2.74. The SMILES string of the molecule is COC(=O)Cc1c2n(c3ccccc13)CCCC2. The van der Waals surface area contributed by atoms with E-state index >= 15 is 0 Å². The zero-order valence-electron chi connectivity index (χ0n) is 10.6. The molecule has 0 N–H and O–H groups in total. The molecular formula is C15H17NO2. The molecule has 1 aliphatic rings. The highest BCUT2D eigenvalue weighted by atomic mass is 16.5. The van der Waals surface area contributed by atoms with Gasteiger partial charge in [-0.1, -0.05) is 18.2 Å². The van der Waals surface area contributed by atoms with E-state index in [0.29, 0.717) is 6.42 Å². The first kappa shape index (κ1) is 11.3. The van der Waals surface area contributed by atoms with Gasteiger partial charge in [0.05, 0.1) is 13.5 Å². The molecule has 2 heterocycles. The quantitative estimate of drug-likeness (QED) is 0.759. The second kappa shape index (κ2) is 4.48. The van der Waals surface area contributed by atoms with Crippen molar-refractivity contribution >= 4 is 16.9 Å². The van der Waals surface area contributed by atoms with Gasteiger partial charge in [-0.15, -0.1) is 0 Å². The van der Waals surface area contributed by atoms with Crippen LogP contribution in [0.3, 0.4) is 0 Å². The van der Waals surface area contributed by atoms with Gasteiger partial charge in [0.2, 0.25) is 0 Å². The van der Waals surface area contributed by atoms with E-state index in [9.17, 15) is 4.79 Å². The number of carbonyl (C=O) groups excluding carboxylic acids is 1. The van der Waals surface area contributed by atoms with Gasteiger partial charge >= 0.3 is 5.97 Å². The van der Waals surface area contributed by atoms with E-state index in [1.165, 1.54) is 36.5 Å². The van der Waals surface area contributed by atoms with Crippen LogP contribution in [0, 0.1) is 0 Å². The van der Waals surface area contributed by atoms with Crippen molar-refractivity contribution in [2.45, 2.75) is 32.2 Å². The third-order valence-electron chi connectivity index (χ3n) is 3.79. The standard InChI is InChI=1S/C15H17NO2/c1-18-15(17)10-12-11-6-2-3-7-13(11)16-9-5-4-8-14(12)16/h2-3,6-7H,4-5,8-10H2,1H3. The van der Waals surface area contributed by atoms with E-state index in [2.05, 4.69) is 22.8 Å². The maximum absolute atomic E-state index is 11.6. The Morgan fingerprint density at radius 2 is 2.17 bits per heavy atom. The number of hydrogen-bond acceptors (Lipinski definition) is 2. The van der Waals surface area contributed by atoms with E-state index in [-0.39, 0.29) is 5.97 Å². The van der Waals surface area contributed by atoms with E-state index in [1.54, 1.807) is 0 Å². The monoisotopic (exact) mass is 243 g/mol. The molecule has 0 spiro atoms. The first-order chi connectivity index (χ1) is 8.81. The van der Waals surface area contributed by atoms with Gasteiger partial charge in [0.15, 0.2) is 0 Å². The summed E-state index contributed by atoms with van der Waals surface area (Å²) in [5, 5.41) is 1.21. The van der Waals surface area contributed by atoms with Crippen LogP contribution < -0.4 is 0 Å². The molecule has 3 heteroatoms. The number of nitrogens with zero attached hydrogens (tertiary/aromatic N) is 1. The van der Waals surface area contributed by atoms with Crippen LogP contribution in [0.5, 0.6) is 0 Å². The molecule has 1 aliphatic heterocycles. The minimum Gasteiger partial charge on any atom is -0.469 e. The fourth-order valence-electron chi connectivity index (χ4n) is 2.95. The predicted molar refractivity (Wildman–Crippen MR) is 70.6 cm³/mol. The van der Waals surface area contributed by atoms with Gasteiger partial charge in [-0.05, 0) is 30.9 Å². The highest BCUT2D eigenvalue weighted by Gasteiger charge is 2.21. The molecule has 0 radical (unpaired) electrons. The van der Waals surface area contributed by atoms with E-state index in [1.807, 2.05) is 6.07 Å². The van der Waals surface area contributed by atoms with Gasteiger partial charge < -0.3 is 9.30 Å². The summed E-state index contributed by atoms with van der Waals surface area (Å²) < 4.78 is 7.19. The lowest BCUT2D eigenvalue weighted by Crippen LogP contribution is -2.12. The largest absolute Gasteiger partial charge is 0.469 e. The number of methoxy groups -OCH3 is 1. The molecule has 0 atom stereocenters. The molecule has 94 valence electrons. The molecule has 0 aliphatic carbocycles. The molecule has 0 unspecified atom stereocenters. The number of hydrogen-bond donors (Lipinski definition) is 0. The second-order valence-corrected chi connectivity index (χ2v) is 4.80. The third-order valence-corrected chi connectivity index (χ3v) is 3.79. The fraction of sp³-hybridized carbons (Fsp3) is 0.400. The maximum Gasteiger partial charge on any atom is 0.310 e. The van der Waals surface area contributed by atoms with Gasteiger partial charge in [0, 0.05) is 23.1 Å². The molecule has 0 saturated heterocycles. The molecule has 3 nitrogen and oxygen atoms in total. The van der Waals surface area contributed by atoms with Crippen LogP contribution in [0.1, 0.15) is 24.1 Å². The van der Waals surface area contributed by atoms with Crippen LogP contribution in [0.15, 0.2) is 24.3 Å². The Labute approximate surface area is 106 Å². The Morgan fingerprint density at radius 1 is 1.33 bits per heavy atom. The number of carbonyl (C=O) groups is 1. The van der Waals surface area contributed by atoms with E-state index < -0.39 is 0 Å². The van der Waals surface area contributed by atoms with Crippen LogP contribution in [0.25, 0.3) is 10.9 Å². The van der Waals surface area contributed by atoms with Gasteiger partial charge in [-0.25, -0.2) is 0 Å². The third kappa shape index (κ3) is 1.70. The van der Waals surface area contributed by atoms with Crippen molar-refractivity contribution in [1.82, 2.24) is 4.57 Å². The number of ether oxygens (including phenoxy) is 1. The van der Waals surface area contributed by atoms with Gasteiger partial charge in [0.1, 0.15) is 0 Å². The molecule has 0 amide bonds. The molecule has 0 bridgehead atoms. The molecule has 0 saturated carbocycles. The number of rotatable bonds is 2. The second-order valence-electron chi connectivity index (χ2n) is 4.80. The Balaban J connectivity index is 2.19. The Hall–Kier alpha value is -1.77. The molecule has 2 aromatic rings. The number of para-hydroxylation sites is 1. The number of benzene rings is 1. The first-order valence-electron chi connectivity index (χ1n) is 6.47. The lowest BCUT2D eigenvalue weighted by atomic mass is 10.0. The summed E-state index contributed by atoms with van der Waals surface area (Å²) in [6, 6.07) is 8.35. The number of aryl methyl sites for hydroxylation is 1. The van der Waals surface area contributed by atoms with Crippen molar-refractivity contribution in [1.29, 1.82) is 0 Å². The first-order valence-corrected chi connectivity index (χ1v) is 6.47.